The van der Waals surface area contributed by atoms with Crippen molar-refractivity contribution in [3.05, 3.63) is 30.1 Å². The van der Waals surface area contributed by atoms with Gasteiger partial charge in [-0.2, -0.15) is 0 Å². The van der Waals surface area contributed by atoms with Crippen molar-refractivity contribution < 1.29 is 9.53 Å². The van der Waals surface area contributed by atoms with Crippen LogP contribution in [0, 0.1) is 5.92 Å². The Kier molecular flexibility index (Phi) is 7.33. The quantitative estimate of drug-likeness (QED) is 0.745. The molecule has 0 atom stereocenters. The molecule has 1 aliphatic heterocycles. The summed E-state index contributed by atoms with van der Waals surface area (Å²) in [5, 5.41) is 3.05. The van der Waals surface area contributed by atoms with E-state index in [-0.39, 0.29) is 11.8 Å². The fraction of sp³-hybridized carbons (Fsp3) is 0.647. The fourth-order valence-corrected chi connectivity index (χ4v) is 2.83. The van der Waals surface area contributed by atoms with E-state index < -0.39 is 0 Å². The summed E-state index contributed by atoms with van der Waals surface area (Å²) >= 11 is 0. The summed E-state index contributed by atoms with van der Waals surface area (Å²) in [6.07, 6.45) is 7.60. The maximum atomic E-state index is 12.1. The zero-order valence-electron chi connectivity index (χ0n) is 13.5. The number of unbranched alkanes of at least 4 members (excludes halogenated alkanes) is 1. The number of nitrogens with one attached hydrogen (secondary N) is 1. The summed E-state index contributed by atoms with van der Waals surface area (Å²) in [7, 11) is 1.71. The average molecular weight is 305 g/mol. The molecule has 0 aliphatic carbocycles. The fourth-order valence-electron chi connectivity index (χ4n) is 2.83. The first-order chi connectivity index (χ1) is 10.8. The first kappa shape index (κ1) is 16.9. The number of piperidine rings is 1. The van der Waals surface area contributed by atoms with Gasteiger partial charge in [-0.3, -0.25) is 14.7 Å². The number of hydrogen-bond acceptors (Lipinski definition) is 4. The first-order valence-corrected chi connectivity index (χ1v) is 8.17. The van der Waals surface area contributed by atoms with Crippen LogP contribution in [-0.4, -0.2) is 49.1 Å². The van der Waals surface area contributed by atoms with Crippen molar-refractivity contribution in [3.8, 4) is 0 Å². The van der Waals surface area contributed by atoms with Crippen LogP contribution in [0.3, 0.4) is 0 Å². The van der Waals surface area contributed by atoms with E-state index in [0.29, 0.717) is 0 Å². The number of methoxy groups -OCH3 is 1. The van der Waals surface area contributed by atoms with E-state index in [9.17, 15) is 4.79 Å². The summed E-state index contributed by atoms with van der Waals surface area (Å²) in [5.41, 5.74) is 1.24. The summed E-state index contributed by atoms with van der Waals surface area (Å²) in [6, 6.07) is 4.07. The Hall–Kier alpha value is -1.46. The van der Waals surface area contributed by atoms with Gasteiger partial charge in [0.15, 0.2) is 0 Å². The maximum absolute atomic E-state index is 12.1. The van der Waals surface area contributed by atoms with Gasteiger partial charge in [0.25, 0.3) is 0 Å². The average Bonchev–Trinajstić information content (AvgIpc) is 2.56. The Morgan fingerprint density at radius 1 is 1.41 bits per heavy atom. The molecule has 0 unspecified atom stereocenters. The number of ether oxygens (including phenoxy) is 1. The molecule has 1 N–H and O–H groups in total. The number of amides is 1. The summed E-state index contributed by atoms with van der Waals surface area (Å²) in [5.74, 6) is 0.394. The lowest BCUT2D eigenvalue weighted by Crippen LogP contribution is -2.40. The van der Waals surface area contributed by atoms with E-state index in [0.717, 1.165) is 58.5 Å². The lowest BCUT2D eigenvalue weighted by molar-refractivity contribution is -0.126. The Morgan fingerprint density at radius 2 is 2.23 bits per heavy atom. The maximum Gasteiger partial charge on any atom is 0.223 e. The summed E-state index contributed by atoms with van der Waals surface area (Å²) in [4.78, 5) is 18.7. The molecule has 122 valence electrons. The number of carbonyl (C=O) groups is 1. The number of hydrogen-bond donors (Lipinski definition) is 1. The zero-order chi connectivity index (χ0) is 15.6. The second-order valence-electron chi connectivity index (χ2n) is 5.90. The summed E-state index contributed by atoms with van der Waals surface area (Å²) < 4.78 is 5.00. The minimum Gasteiger partial charge on any atom is -0.385 e. The normalized spacial score (nSPS) is 16.6. The molecular weight excluding hydrogens is 278 g/mol. The van der Waals surface area contributed by atoms with Crippen molar-refractivity contribution >= 4 is 5.91 Å². The van der Waals surface area contributed by atoms with E-state index in [1.807, 2.05) is 12.3 Å². The Balaban J connectivity index is 1.63. The molecular formula is C17H27N3O2. The highest BCUT2D eigenvalue weighted by Gasteiger charge is 2.24. The standard InChI is InChI=1S/C17H27N3O2/c1-22-12-3-2-9-19-17(21)16-6-10-20(11-7-16)14-15-5-4-8-18-13-15/h4-5,8,13,16H,2-3,6-7,9-12,14H2,1H3,(H,19,21). The van der Waals surface area contributed by atoms with Crippen molar-refractivity contribution in [2.45, 2.75) is 32.2 Å². The van der Waals surface area contributed by atoms with E-state index in [4.69, 9.17) is 4.74 Å². The molecule has 0 saturated carbocycles. The number of carbonyl (C=O) groups excluding carboxylic acids is 1. The van der Waals surface area contributed by atoms with Crippen molar-refractivity contribution in [2.75, 3.05) is 33.4 Å². The monoisotopic (exact) mass is 305 g/mol. The molecule has 0 bridgehead atoms. The van der Waals surface area contributed by atoms with Gasteiger partial charge in [-0.1, -0.05) is 6.07 Å². The molecule has 0 aromatic carbocycles. The van der Waals surface area contributed by atoms with E-state index >= 15 is 0 Å². The third-order valence-electron chi connectivity index (χ3n) is 4.16. The Labute approximate surface area is 133 Å². The molecule has 2 rings (SSSR count). The molecule has 1 saturated heterocycles. The predicted octanol–water partition coefficient (Wildman–Crippen LogP) is 1.84. The molecule has 1 amide bonds. The molecule has 1 fully saturated rings. The highest BCUT2D eigenvalue weighted by Crippen LogP contribution is 2.19. The molecule has 1 aliphatic rings. The highest BCUT2D eigenvalue weighted by molar-refractivity contribution is 5.78. The Bertz CT molecular complexity index is 431. The molecule has 0 radical (unpaired) electrons. The topological polar surface area (TPSA) is 54.5 Å². The van der Waals surface area contributed by atoms with Crippen LogP contribution >= 0.6 is 0 Å². The van der Waals surface area contributed by atoms with Crippen molar-refractivity contribution in [1.29, 1.82) is 0 Å². The summed E-state index contributed by atoms with van der Waals surface area (Å²) in [6.45, 7) is 4.42. The number of pyridine rings is 1. The van der Waals surface area contributed by atoms with Gasteiger partial charge in [-0.15, -0.1) is 0 Å². The highest BCUT2D eigenvalue weighted by atomic mass is 16.5. The number of aromatic nitrogens is 1. The number of likely N-dealkylation sites (tertiary alicyclic amines) is 1. The molecule has 5 heteroatoms. The van der Waals surface area contributed by atoms with Crippen LogP contribution in [0.15, 0.2) is 24.5 Å². The SMILES string of the molecule is COCCCCNC(=O)C1CCN(Cc2cccnc2)CC1. The van der Waals surface area contributed by atoms with Crippen LogP contribution in [0.2, 0.25) is 0 Å². The molecule has 1 aromatic rings. The lowest BCUT2D eigenvalue weighted by Gasteiger charge is -2.31. The molecule has 1 aromatic heterocycles. The van der Waals surface area contributed by atoms with Crippen LogP contribution in [0.1, 0.15) is 31.2 Å². The second kappa shape index (κ2) is 9.54. The van der Waals surface area contributed by atoms with Gasteiger partial charge in [0.2, 0.25) is 5.91 Å². The molecule has 22 heavy (non-hydrogen) atoms. The van der Waals surface area contributed by atoms with Gasteiger partial charge in [0, 0.05) is 45.1 Å². The van der Waals surface area contributed by atoms with Gasteiger partial charge in [-0.25, -0.2) is 0 Å². The Morgan fingerprint density at radius 3 is 2.91 bits per heavy atom. The number of nitrogens with zero attached hydrogens (tertiary/aromatic N) is 2. The van der Waals surface area contributed by atoms with E-state index in [2.05, 4.69) is 21.3 Å². The van der Waals surface area contributed by atoms with Crippen LogP contribution in [-0.2, 0) is 16.1 Å². The van der Waals surface area contributed by atoms with Crippen LogP contribution < -0.4 is 5.32 Å². The van der Waals surface area contributed by atoms with Crippen LogP contribution in [0.5, 0.6) is 0 Å². The number of rotatable bonds is 8. The predicted molar refractivity (Wildman–Crippen MR) is 86.4 cm³/mol. The van der Waals surface area contributed by atoms with Crippen LogP contribution in [0.25, 0.3) is 0 Å². The van der Waals surface area contributed by atoms with Gasteiger partial charge >= 0.3 is 0 Å². The van der Waals surface area contributed by atoms with Crippen molar-refractivity contribution in [3.63, 3.8) is 0 Å². The van der Waals surface area contributed by atoms with Crippen molar-refractivity contribution in [2.24, 2.45) is 5.92 Å². The third kappa shape index (κ3) is 5.73. The first-order valence-electron chi connectivity index (χ1n) is 8.17. The van der Waals surface area contributed by atoms with Gasteiger partial charge in [0.05, 0.1) is 0 Å². The molecule has 2 heterocycles. The van der Waals surface area contributed by atoms with E-state index in [1.165, 1.54) is 5.56 Å². The minimum atomic E-state index is 0.174. The second-order valence-corrected chi connectivity index (χ2v) is 5.90. The van der Waals surface area contributed by atoms with E-state index in [1.54, 1.807) is 13.3 Å². The smallest absolute Gasteiger partial charge is 0.223 e. The van der Waals surface area contributed by atoms with Gasteiger partial charge in [0.1, 0.15) is 0 Å². The largest absolute Gasteiger partial charge is 0.385 e. The minimum absolute atomic E-state index is 0.174. The molecule has 0 spiro atoms. The third-order valence-corrected chi connectivity index (χ3v) is 4.16. The lowest BCUT2D eigenvalue weighted by atomic mass is 9.95. The van der Waals surface area contributed by atoms with Crippen LogP contribution in [0.4, 0.5) is 0 Å². The van der Waals surface area contributed by atoms with Crippen molar-refractivity contribution in [1.82, 2.24) is 15.2 Å². The molecule has 5 nitrogen and oxygen atoms in total. The van der Waals surface area contributed by atoms with Gasteiger partial charge < -0.3 is 10.1 Å². The zero-order valence-corrected chi connectivity index (χ0v) is 13.5. The van der Waals surface area contributed by atoms with Gasteiger partial charge in [-0.05, 0) is 50.4 Å².